The van der Waals surface area contributed by atoms with Crippen LogP contribution in [0.15, 0.2) is 18.2 Å². The molecule has 0 radical (unpaired) electrons. The summed E-state index contributed by atoms with van der Waals surface area (Å²) < 4.78 is 0. The van der Waals surface area contributed by atoms with Gasteiger partial charge in [0, 0.05) is 19.3 Å². The second-order valence-electron chi connectivity index (χ2n) is 6.48. The number of carbonyl (C=O) groups excluding carboxylic acids is 2. The maximum atomic E-state index is 12.5. The Morgan fingerprint density at radius 2 is 1.86 bits per heavy atom. The number of nitrogens with zero attached hydrogens (tertiary/aromatic N) is 1. The molecule has 0 unspecified atom stereocenters. The highest BCUT2D eigenvalue weighted by atomic mass is 16.2. The number of aryl methyl sites for hydroxylation is 2. The first kappa shape index (κ1) is 18.2. The third kappa shape index (κ3) is 4.33. The van der Waals surface area contributed by atoms with Crippen LogP contribution in [-0.2, 0) is 9.59 Å². The van der Waals surface area contributed by atoms with Crippen molar-refractivity contribution in [2.75, 3.05) is 18.9 Å². The number of hydrogen-bond acceptors (Lipinski definition) is 2. The van der Waals surface area contributed by atoms with Gasteiger partial charge in [-0.2, -0.15) is 0 Å². The van der Waals surface area contributed by atoms with Crippen LogP contribution in [0.5, 0.6) is 0 Å². The van der Waals surface area contributed by atoms with E-state index in [-0.39, 0.29) is 11.8 Å². The van der Waals surface area contributed by atoms with Gasteiger partial charge in [-0.1, -0.05) is 31.0 Å². The van der Waals surface area contributed by atoms with Crippen LogP contribution >= 0.6 is 0 Å². The van der Waals surface area contributed by atoms with Gasteiger partial charge in [0.2, 0.25) is 11.8 Å². The molecule has 4 nitrogen and oxygen atoms in total. The fraction of sp³-hybridized carbons (Fsp3) is 0.556. The zero-order valence-corrected chi connectivity index (χ0v) is 14.6. The molecule has 0 atom stereocenters. The summed E-state index contributed by atoms with van der Waals surface area (Å²) >= 11 is 0. The molecule has 0 bridgehead atoms. The van der Waals surface area contributed by atoms with Crippen LogP contribution in [0.1, 0.15) is 44.7 Å². The second-order valence-corrected chi connectivity index (χ2v) is 6.48. The van der Waals surface area contributed by atoms with Gasteiger partial charge in [-0.15, -0.1) is 0 Å². The van der Waals surface area contributed by atoms with E-state index in [0.717, 1.165) is 29.7 Å². The van der Waals surface area contributed by atoms with Gasteiger partial charge in [-0.3, -0.25) is 9.59 Å². The number of carbonyl (C=O) groups is 2. The normalized spacial score (nSPS) is 11.2. The van der Waals surface area contributed by atoms with E-state index in [1.807, 2.05) is 32.0 Å². The molecule has 0 saturated carbocycles. The van der Waals surface area contributed by atoms with Gasteiger partial charge >= 0.3 is 0 Å². The predicted molar refractivity (Wildman–Crippen MR) is 90.9 cm³/mol. The van der Waals surface area contributed by atoms with Gasteiger partial charge < -0.3 is 10.2 Å². The van der Waals surface area contributed by atoms with Gasteiger partial charge in [-0.25, -0.2) is 0 Å². The lowest BCUT2D eigenvalue weighted by Gasteiger charge is -2.28. The van der Waals surface area contributed by atoms with Gasteiger partial charge in [0.1, 0.15) is 5.41 Å². The molecule has 0 aliphatic heterocycles. The van der Waals surface area contributed by atoms with E-state index in [2.05, 4.69) is 12.2 Å². The van der Waals surface area contributed by atoms with Crippen molar-refractivity contribution in [1.82, 2.24) is 4.90 Å². The van der Waals surface area contributed by atoms with Crippen molar-refractivity contribution >= 4 is 17.5 Å². The molecule has 1 N–H and O–H groups in total. The van der Waals surface area contributed by atoms with Gasteiger partial charge in [0.15, 0.2) is 0 Å². The molecule has 0 heterocycles. The molecule has 1 aromatic rings. The molecule has 1 aromatic carbocycles. The van der Waals surface area contributed by atoms with E-state index in [1.165, 1.54) is 0 Å². The average molecular weight is 304 g/mol. The minimum Gasteiger partial charge on any atom is -0.345 e. The summed E-state index contributed by atoms with van der Waals surface area (Å²) in [4.78, 5) is 26.7. The van der Waals surface area contributed by atoms with Crippen LogP contribution in [0.4, 0.5) is 5.69 Å². The maximum Gasteiger partial charge on any atom is 0.239 e. The van der Waals surface area contributed by atoms with Crippen molar-refractivity contribution in [1.29, 1.82) is 0 Å². The van der Waals surface area contributed by atoms with Gasteiger partial charge in [0.05, 0.1) is 0 Å². The van der Waals surface area contributed by atoms with Crippen LogP contribution < -0.4 is 5.32 Å². The Labute approximate surface area is 133 Å². The first-order chi connectivity index (χ1) is 10.2. The molecule has 122 valence electrons. The average Bonchev–Trinajstić information content (AvgIpc) is 2.46. The Morgan fingerprint density at radius 1 is 1.23 bits per heavy atom. The summed E-state index contributed by atoms with van der Waals surface area (Å²) in [6.07, 6.45) is 1.96. The molecule has 1 rings (SSSR count). The summed E-state index contributed by atoms with van der Waals surface area (Å²) in [6, 6.07) is 5.84. The van der Waals surface area contributed by atoms with Crippen LogP contribution in [0.3, 0.4) is 0 Å². The molecular weight excluding hydrogens is 276 g/mol. The van der Waals surface area contributed by atoms with Crippen molar-refractivity contribution in [3.8, 4) is 0 Å². The predicted octanol–water partition coefficient (Wildman–Crippen LogP) is 3.53. The first-order valence-electron chi connectivity index (χ1n) is 7.84. The Morgan fingerprint density at radius 3 is 2.41 bits per heavy atom. The van der Waals surface area contributed by atoms with Crippen LogP contribution in [0.25, 0.3) is 0 Å². The molecule has 0 fully saturated rings. The van der Waals surface area contributed by atoms with Crippen LogP contribution in [-0.4, -0.2) is 30.3 Å². The maximum absolute atomic E-state index is 12.5. The number of hydrogen-bond donors (Lipinski definition) is 1. The lowest BCUT2D eigenvalue weighted by atomic mass is 9.90. The minimum atomic E-state index is -1.08. The van der Waals surface area contributed by atoms with Crippen molar-refractivity contribution in [3.63, 3.8) is 0 Å². The summed E-state index contributed by atoms with van der Waals surface area (Å²) in [7, 11) is 1.75. The number of amides is 2. The number of nitrogens with one attached hydrogen (secondary N) is 1. The molecule has 4 heteroatoms. The zero-order chi connectivity index (χ0) is 16.9. The van der Waals surface area contributed by atoms with Crippen LogP contribution in [0, 0.1) is 19.3 Å². The largest absolute Gasteiger partial charge is 0.345 e. The summed E-state index contributed by atoms with van der Waals surface area (Å²) in [6.45, 7) is 10.1. The molecule has 0 spiro atoms. The minimum absolute atomic E-state index is 0.150. The molecule has 0 aliphatic carbocycles. The second kappa shape index (κ2) is 7.43. The summed E-state index contributed by atoms with van der Waals surface area (Å²) in [5.41, 5.74) is 1.81. The zero-order valence-electron chi connectivity index (χ0n) is 14.6. The third-order valence-corrected chi connectivity index (χ3v) is 3.93. The lowest BCUT2D eigenvalue weighted by molar-refractivity contribution is -0.145. The fourth-order valence-corrected chi connectivity index (χ4v) is 2.30. The first-order valence-corrected chi connectivity index (χ1v) is 7.84. The van der Waals surface area contributed by atoms with E-state index in [4.69, 9.17) is 0 Å². The number of rotatable bonds is 6. The number of benzene rings is 1. The molecular formula is C18H28N2O2. The van der Waals surface area contributed by atoms with E-state index in [0.29, 0.717) is 6.54 Å². The summed E-state index contributed by atoms with van der Waals surface area (Å²) in [5, 5.41) is 2.88. The van der Waals surface area contributed by atoms with E-state index in [1.54, 1.807) is 25.8 Å². The Balaban J connectivity index is 2.83. The number of anilines is 1. The number of unbranched alkanes of at least 4 members (excludes halogenated alkanes) is 1. The Bertz CT molecular complexity index is 550. The highest BCUT2D eigenvalue weighted by Gasteiger charge is 2.38. The van der Waals surface area contributed by atoms with Gasteiger partial charge in [0.25, 0.3) is 0 Å². The monoisotopic (exact) mass is 304 g/mol. The smallest absolute Gasteiger partial charge is 0.239 e. The van der Waals surface area contributed by atoms with E-state index < -0.39 is 5.41 Å². The quantitative estimate of drug-likeness (QED) is 0.817. The molecule has 0 aliphatic rings. The molecule has 2 amide bonds. The van der Waals surface area contributed by atoms with Crippen molar-refractivity contribution in [2.24, 2.45) is 5.41 Å². The third-order valence-electron chi connectivity index (χ3n) is 3.93. The topological polar surface area (TPSA) is 49.4 Å². The fourth-order valence-electron chi connectivity index (χ4n) is 2.30. The molecule has 0 aromatic heterocycles. The van der Waals surface area contributed by atoms with Gasteiger partial charge in [-0.05, 0) is 45.7 Å². The van der Waals surface area contributed by atoms with E-state index in [9.17, 15) is 9.59 Å². The standard InChI is InChI=1S/C18H28N2O2/c1-7-8-11-20(6)17(22)18(4,5)16(21)19-15-10-9-13(2)12-14(15)3/h9-10,12H,7-8,11H2,1-6H3,(H,19,21). The Kier molecular flexibility index (Phi) is 6.15. The molecule has 22 heavy (non-hydrogen) atoms. The highest BCUT2D eigenvalue weighted by molar-refractivity contribution is 6.10. The summed E-state index contributed by atoms with van der Waals surface area (Å²) in [5.74, 6) is -0.420. The van der Waals surface area contributed by atoms with Crippen molar-refractivity contribution < 1.29 is 9.59 Å². The van der Waals surface area contributed by atoms with Crippen molar-refractivity contribution in [2.45, 2.75) is 47.5 Å². The molecule has 0 saturated heterocycles. The van der Waals surface area contributed by atoms with E-state index >= 15 is 0 Å². The van der Waals surface area contributed by atoms with Crippen molar-refractivity contribution in [3.05, 3.63) is 29.3 Å². The van der Waals surface area contributed by atoms with Crippen LogP contribution in [0.2, 0.25) is 0 Å². The lowest BCUT2D eigenvalue weighted by Crippen LogP contribution is -2.46. The highest BCUT2D eigenvalue weighted by Crippen LogP contribution is 2.23. The SMILES string of the molecule is CCCCN(C)C(=O)C(C)(C)C(=O)Nc1ccc(C)cc1C. The Hall–Kier alpha value is -1.84.